The van der Waals surface area contributed by atoms with Gasteiger partial charge >= 0.3 is 5.97 Å². The Morgan fingerprint density at radius 1 is 0.750 bits per heavy atom. The van der Waals surface area contributed by atoms with Gasteiger partial charge in [0.1, 0.15) is 18.3 Å². The second-order valence-corrected chi connectivity index (χ2v) is 11.2. The Labute approximate surface area is 263 Å². The molecule has 1 saturated heterocycles. The fourth-order valence-corrected chi connectivity index (χ4v) is 5.12. The van der Waals surface area contributed by atoms with Crippen molar-refractivity contribution in [3.63, 3.8) is 0 Å². The maximum absolute atomic E-state index is 12.7. The van der Waals surface area contributed by atoms with E-state index in [-0.39, 0.29) is 19.8 Å². The van der Waals surface area contributed by atoms with Gasteiger partial charge in [-0.3, -0.25) is 0 Å². The second kappa shape index (κ2) is 22.0. The molecular weight excluding hydrogens is 560 g/mol. The molecule has 0 spiro atoms. The average Bonchev–Trinajstić information content (AvgIpc) is 3.06. The number of carbonyl (C=O) groups excluding carboxylic acids is 1. The Morgan fingerprint density at radius 3 is 1.89 bits per heavy atom. The number of rotatable bonds is 22. The highest BCUT2D eigenvalue weighted by Crippen LogP contribution is 2.29. The van der Waals surface area contributed by atoms with Crippen molar-refractivity contribution in [2.75, 3.05) is 26.9 Å². The maximum atomic E-state index is 12.7. The summed E-state index contributed by atoms with van der Waals surface area (Å²) in [5, 5.41) is 11.4. The van der Waals surface area contributed by atoms with Gasteiger partial charge in [-0.15, -0.1) is 0 Å². The van der Waals surface area contributed by atoms with Gasteiger partial charge in [-0.25, -0.2) is 4.79 Å². The smallest absolute Gasteiger partial charge is 0.337 e. The number of esters is 1. The summed E-state index contributed by atoms with van der Waals surface area (Å²) in [5.41, 5.74) is 1.83. The monoisotopic (exact) mass is 612 g/mol. The molecule has 1 fully saturated rings. The third-order valence-electron chi connectivity index (χ3n) is 7.65. The molecule has 1 aliphatic heterocycles. The van der Waals surface area contributed by atoms with Crippen molar-refractivity contribution in [1.29, 1.82) is 0 Å². The van der Waals surface area contributed by atoms with Crippen LogP contribution >= 0.6 is 0 Å². The van der Waals surface area contributed by atoms with E-state index in [2.05, 4.69) is 6.92 Å². The molecule has 2 aromatic rings. The molecule has 0 aromatic heterocycles. The summed E-state index contributed by atoms with van der Waals surface area (Å²) in [6.45, 7) is 4.06. The van der Waals surface area contributed by atoms with Crippen LogP contribution in [0.4, 0.5) is 0 Å². The average molecular weight is 613 g/mol. The topological polar surface area (TPSA) is 92.7 Å². The van der Waals surface area contributed by atoms with E-state index in [4.69, 9.17) is 28.4 Å². The number of hydrogen-bond donors (Lipinski definition) is 1. The second-order valence-electron chi connectivity index (χ2n) is 11.2. The molecule has 0 unspecified atom stereocenters. The molecule has 44 heavy (non-hydrogen) atoms. The van der Waals surface area contributed by atoms with Gasteiger partial charge in [-0.05, 0) is 17.5 Å². The van der Waals surface area contributed by atoms with E-state index < -0.39 is 36.7 Å². The zero-order chi connectivity index (χ0) is 31.2. The van der Waals surface area contributed by atoms with Crippen LogP contribution in [-0.2, 0) is 46.4 Å². The number of aliphatic hydroxyl groups is 1. The Hall–Kier alpha value is -2.59. The SMILES string of the molecule is CCCCCCCCCCCOC/C=C\CO[C@@H]1O[C@H](C(=O)OC)[C@@H](OCc2ccccc2)[C@H](O)[C@@H]1OCc1ccccc1. The maximum Gasteiger partial charge on any atom is 0.337 e. The molecule has 2 aromatic carbocycles. The normalized spacial score (nSPS) is 21.9. The van der Waals surface area contributed by atoms with E-state index in [0.29, 0.717) is 6.61 Å². The summed E-state index contributed by atoms with van der Waals surface area (Å²) >= 11 is 0. The van der Waals surface area contributed by atoms with Gasteiger partial charge in [0.25, 0.3) is 0 Å². The molecule has 8 heteroatoms. The number of benzene rings is 2. The van der Waals surface area contributed by atoms with Gasteiger partial charge in [-0.2, -0.15) is 0 Å². The van der Waals surface area contributed by atoms with Crippen molar-refractivity contribution in [3.05, 3.63) is 83.9 Å². The van der Waals surface area contributed by atoms with Crippen LogP contribution in [0.3, 0.4) is 0 Å². The first-order chi connectivity index (χ1) is 21.6. The van der Waals surface area contributed by atoms with E-state index in [0.717, 1.165) is 24.2 Å². The Bertz CT molecular complexity index is 1030. The molecule has 1 aliphatic rings. The van der Waals surface area contributed by atoms with Crippen LogP contribution in [-0.4, -0.2) is 68.7 Å². The minimum atomic E-state index is -1.21. The number of aliphatic hydroxyl groups excluding tert-OH is 1. The Kier molecular flexibility index (Phi) is 17.9. The van der Waals surface area contributed by atoms with Gasteiger partial charge in [0.15, 0.2) is 12.4 Å². The molecule has 1 heterocycles. The molecule has 3 rings (SSSR count). The summed E-state index contributed by atoms with van der Waals surface area (Å²) in [4.78, 5) is 12.7. The largest absolute Gasteiger partial charge is 0.467 e. The predicted octanol–water partition coefficient (Wildman–Crippen LogP) is 6.54. The summed E-state index contributed by atoms with van der Waals surface area (Å²) in [5.74, 6) is -0.655. The van der Waals surface area contributed by atoms with Crippen LogP contribution in [0.5, 0.6) is 0 Å². The van der Waals surface area contributed by atoms with E-state index >= 15 is 0 Å². The molecule has 0 bridgehead atoms. The minimum Gasteiger partial charge on any atom is -0.467 e. The molecule has 0 aliphatic carbocycles. The highest BCUT2D eigenvalue weighted by molar-refractivity contribution is 5.75. The van der Waals surface area contributed by atoms with E-state index in [1.54, 1.807) is 0 Å². The zero-order valence-electron chi connectivity index (χ0n) is 26.5. The van der Waals surface area contributed by atoms with Crippen LogP contribution in [0.1, 0.15) is 75.8 Å². The summed E-state index contributed by atoms with van der Waals surface area (Å²) < 4.78 is 34.9. The summed E-state index contributed by atoms with van der Waals surface area (Å²) in [6, 6.07) is 19.2. The Morgan fingerprint density at radius 2 is 1.30 bits per heavy atom. The van der Waals surface area contributed by atoms with Gasteiger partial charge in [0, 0.05) is 6.61 Å². The number of hydrogen-bond acceptors (Lipinski definition) is 8. The standard InChI is InChI=1S/C36H52O8/c1-3-4-5-6-7-8-9-10-17-24-40-25-18-19-26-41-36-33(43-28-30-22-15-12-16-23-30)31(37)32(34(44-36)35(38)39-2)42-27-29-20-13-11-14-21-29/h11-16,18-23,31-34,36-37H,3-10,17,24-28H2,1-2H3/b19-18-/t31-,32-,33-,34-,36+/m0/s1. The van der Waals surface area contributed by atoms with Crippen molar-refractivity contribution in [2.24, 2.45) is 0 Å². The van der Waals surface area contributed by atoms with Crippen molar-refractivity contribution >= 4 is 5.97 Å². The molecule has 244 valence electrons. The van der Waals surface area contributed by atoms with Crippen LogP contribution in [0, 0.1) is 0 Å². The molecule has 8 nitrogen and oxygen atoms in total. The first-order valence-electron chi connectivity index (χ1n) is 16.2. The van der Waals surface area contributed by atoms with Gasteiger partial charge in [0.05, 0.1) is 33.5 Å². The first-order valence-corrected chi connectivity index (χ1v) is 16.2. The quantitative estimate of drug-likeness (QED) is 0.0911. The summed E-state index contributed by atoms with van der Waals surface area (Å²) in [7, 11) is 1.28. The fourth-order valence-electron chi connectivity index (χ4n) is 5.12. The lowest BCUT2D eigenvalue weighted by atomic mass is 9.98. The number of carbonyl (C=O) groups is 1. The zero-order valence-corrected chi connectivity index (χ0v) is 26.5. The van der Waals surface area contributed by atoms with Crippen molar-refractivity contribution in [1.82, 2.24) is 0 Å². The van der Waals surface area contributed by atoms with Gasteiger partial charge in [0.2, 0.25) is 0 Å². The fraction of sp³-hybridized carbons (Fsp3) is 0.583. The summed E-state index contributed by atoms with van der Waals surface area (Å²) in [6.07, 6.45) is 9.92. The number of unbranched alkanes of at least 4 members (excludes halogenated alkanes) is 8. The minimum absolute atomic E-state index is 0.179. The van der Waals surface area contributed by atoms with Crippen molar-refractivity contribution in [3.8, 4) is 0 Å². The van der Waals surface area contributed by atoms with E-state index in [9.17, 15) is 9.90 Å². The lowest BCUT2D eigenvalue weighted by molar-refractivity contribution is -0.310. The van der Waals surface area contributed by atoms with E-state index in [1.165, 1.54) is 58.5 Å². The van der Waals surface area contributed by atoms with Crippen LogP contribution in [0.2, 0.25) is 0 Å². The third-order valence-corrected chi connectivity index (χ3v) is 7.65. The van der Waals surface area contributed by atoms with Gasteiger partial charge < -0.3 is 33.5 Å². The number of methoxy groups -OCH3 is 1. The molecule has 5 atom stereocenters. The molecule has 1 N–H and O–H groups in total. The molecule has 0 amide bonds. The van der Waals surface area contributed by atoms with Crippen LogP contribution < -0.4 is 0 Å². The van der Waals surface area contributed by atoms with Crippen LogP contribution in [0.15, 0.2) is 72.8 Å². The van der Waals surface area contributed by atoms with Crippen molar-refractivity contribution in [2.45, 2.75) is 109 Å². The van der Waals surface area contributed by atoms with Crippen molar-refractivity contribution < 1.29 is 38.3 Å². The highest BCUT2D eigenvalue weighted by atomic mass is 16.7. The van der Waals surface area contributed by atoms with Crippen LogP contribution in [0.25, 0.3) is 0 Å². The predicted molar refractivity (Wildman–Crippen MR) is 170 cm³/mol. The lowest BCUT2D eigenvalue weighted by Gasteiger charge is -2.42. The highest BCUT2D eigenvalue weighted by Gasteiger charge is 2.50. The third kappa shape index (κ3) is 13.2. The first kappa shape index (κ1) is 35.9. The molecule has 0 saturated carbocycles. The molecule has 0 radical (unpaired) electrons. The number of ether oxygens (including phenoxy) is 6. The molecular formula is C36H52O8. The lowest BCUT2D eigenvalue weighted by Crippen LogP contribution is -2.62. The van der Waals surface area contributed by atoms with Gasteiger partial charge in [-0.1, -0.05) is 131 Å². The Balaban J connectivity index is 1.49. The van der Waals surface area contributed by atoms with E-state index in [1.807, 2.05) is 72.8 Å².